The second-order valence-electron chi connectivity index (χ2n) is 7.31. The molecule has 2 aromatic carbocycles. The third-order valence-corrected chi connectivity index (χ3v) is 4.76. The molecule has 0 aliphatic carbocycles. The number of fused-ring (bicyclic) bond motifs is 1. The van der Waals surface area contributed by atoms with Gasteiger partial charge in [0.1, 0.15) is 11.3 Å². The van der Waals surface area contributed by atoms with Crippen LogP contribution in [0.5, 0.6) is 0 Å². The lowest BCUT2D eigenvalue weighted by Gasteiger charge is -2.13. The Hall–Kier alpha value is -2.87. The van der Waals surface area contributed by atoms with Crippen molar-refractivity contribution in [2.75, 3.05) is 0 Å². The minimum absolute atomic E-state index is 0.0775. The Morgan fingerprint density at radius 1 is 0.889 bits per heavy atom. The number of benzene rings is 2. The van der Waals surface area contributed by atoms with E-state index >= 15 is 0 Å². The molecule has 0 amide bonds. The van der Waals surface area contributed by atoms with Crippen molar-refractivity contribution in [1.82, 2.24) is 0 Å². The molecule has 0 fully saturated rings. The molecule has 0 N–H and O–H groups in total. The van der Waals surface area contributed by atoms with E-state index in [1.807, 2.05) is 62.4 Å². The lowest BCUT2D eigenvalue weighted by Crippen LogP contribution is -2.13. The van der Waals surface area contributed by atoms with Crippen LogP contribution in [0.3, 0.4) is 0 Å². The largest absolute Gasteiger partial charge is 0.456 e. The van der Waals surface area contributed by atoms with Crippen LogP contribution in [0.25, 0.3) is 22.3 Å². The van der Waals surface area contributed by atoms with Crippen molar-refractivity contribution < 1.29 is 4.42 Å². The van der Waals surface area contributed by atoms with E-state index in [1.165, 1.54) is 0 Å². The van der Waals surface area contributed by atoms with E-state index in [0.717, 1.165) is 47.1 Å². The number of aryl methyl sites for hydroxylation is 1. The van der Waals surface area contributed by atoms with E-state index in [2.05, 4.69) is 13.2 Å². The fourth-order valence-corrected chi connectivity index (χ4v) is 3.29. The average molecular weight is 358 g/mol. The standard InChI is InChI=1S/C25H26O2/c1-17(2)13-15-19-11-8-12-22-23(19)24(26)21(16-14-18(3)4)25(27-22)20-9-6-5-7-10-20/h5-12H,1,3,13-16H2,2,4H3. The molecule has 2 heteroatoms. The number of hydrogen-bond acceptors (Lipinski definition) is 2. The third-order valence-electron chi connectivity index (χ3n) is 4.76. The zero-order valence-electron chi connectivity index (χ0n) is 16.2. The summed E-state index contributed by atoms with van der Waals surface area (Å²) in [5.41, 5.74) is 5.59. The van der Waals surface area contributed by atoms with E-state index < -0.39 is 0 Å². The zero-order valence-corrected chi connectivity index (χ0v) is 16.2. The Bertz CT molecular complexity index is 1040. The molecule has 2 nitrogen and oxygen atoms in total. The summed E-state index contributed by atoms with van der Waals surface area (Å²) >= 11 is 0. The normalized spacial score (nSPS) is 10.9. The second kappa shape index (κ2) is 8.22. The fourth-order valence-electron chi connectivity index (χ4n) is 3.29. The van der Waals surface area contributed by atoms with Crippen molar-refractivity contribution >= 4 is 11.0 Å². The number of hydrogen-bond donors (Lipinski definition) is 0. The summed E-state index contributed by atoms with van der Waals surface area (Å²) in [6, 6.07) is 15.7. The molecule has 0 unspecified atom stereocenters. The molecule has 0 radical (unpaired) electrons. The Labute approximate surface area is 160 Å². The first-order valence-corrected chi connectivity index (χ1v) is 9.39. The van der Waals surface area contributed by atoms with E-state index in [1.54, 1.807) is 0 Å². The molecule has 0 saturated heterocycles. The monoisotopic (exact) mass is 358 g/mol. The molecule has 0 spiro atoms. The predicted octanol–water partition coefficient (Wildman–Crippen LogP) is 6.48. The zero-order chi connectivity index (χ0) is 19.4. The van der Waals surface area contributed by atoms with Gasteiger partial charge in [-0.2, -0.15) is 0 Å². The first-order chi connectivity index (χ1) is 13.0. The molecule has 0 aliphatic heterocycles. The van der Waals surface area contributed by atoms with Crippen LogP contribution in [0.2, 0.25) is 0 Å². The van der Waals surface area contributed by atoms with Crippen LogP contribution in [0.4, 0.5) is 0 Å². The summed E-state index contributed by atoms with van der Waals surface area (Å²) in [5.74, 6) is 0.673. The van der Waals surface area contributed by atoms with Crippen molar-refractivity contribution in [2.45, 2.75) is 39.5 Å². The molecule has 0 aliphatic rings. The summed E-state index contributed by atoms with van der Waals surface area (Å²) in [6.07, 6.45) is 3.05. The maximum atomic E-state index is 13.5. The van der Waals surface area contributed by atoms with Gasteiger partial charge in [-0.15, -0.1) is 13.2 Å². The summed E-state index contributed by atoms with van der Waals surface area (Å²) < 4.78 is 6.29. The van der Waals surface area contributed by atoms with Crippen LogP contribution in [0, 0.1) is 0 Å². The lowest BCUT2D eigenvalue weighted by atomic mass is 9.96. The van der Waals surface area contributed by atoms with Crippen molar-refractivity contribution in [2.24, 2.45) is 0 Å². The molecule has 3 aromatic rings. The Morgan fingerprint density at radius 3 is 2.22 bits per heavy atom. The van der Waals surface area contributed by atoms with Gasteiger partial charge >= 0.3 is 0 Å². The van der Waals surface area contributed by atoms with Crippen molar-refractivity contribution in [3.63, 3.8) is 0 Å². The predicted molar refractivity (Wildman–Crippen MR) is 114 cm³/mol. The van der Waals surface area contributed by atoms with Crippen molar-refractivity contribution in [1.29, 1.82) is 0 Å². The van der Waals surface area contributed by atoms with Gasteiger partial charge in [0.2, 0.25) is 0 Å². The third kappa shape index (κ3) is 4.28. The van der Waals surface area contributed by atoms with Crippen LogP contribution in [0.15, 0.2) is 82.0 Å². The fraction of sp³-hybridized carbons (Fsp3) is 0.240. The first kappa shape index (κ1) is 18.9. The minimum atomic E-state index is 0.0775. The van der Waals surface area contributed by atoms with Gasteiger partial charge in [-0.3, -0.25) is 4.79 Å². The van der Waals surface area contributed by atoms with Gasteiger partial charge in [0.25, 0.3) is 0 Å². The van der Waals surface area contributed by atoms with Crippen molar-refractivity contribution in [3.05, 3.63) is 94.2 Å². The Balaban J connectivity index is 2.23. The highest BCUT2D eigenvalue weighted by molar-refractivity contribution is 5.83. The maximum absolute atomic E-state index is 13.5. The first-order valence-electron chi connectivity index (χ1n) is 9.39. The average Bonchev–Trinajstić information content (AvgIpc) is 2.65. The molecule has 0 atom stereocenters. The molecular formula is C25H26O2. The van der Waals surface area contributed by atoms with E-state index in [4.69, 9.17) is 4.42 Å². The summed E-state index contributed by atoms with van der Waals surface area (Å²) in [6.45, 7) is 12.0. The summed E-state index contributed by atoms with van der Waals surface area (Å²) in [7, 11) is 0. The van der Waals surface area contributed by atoms with Gasteiger partial charge < -0.3 is 4.42 Å². The van der Waals surface area contributed by atoms with E-state index in [9.17, 15) is 4.79 Å². The highest BCUT2D eigenvalue weighted by Crippen LogP contribution is 2.29. The summed E-state index contributed by atoms with van der Waals surface area (Å²) in [4.78, 5) is 13.5. The van der Waals surface area contributed by atoms with Gasteiger partial charge in [0.05, 0.1) is 5.39 Å². The quantitative estimate of drug-likeness (QED) is 0.453. The molecule has 0 saturated carbocycles. The molecule has 1 heterocycles. The summed E-state index contributed by atoms with van der Waals surface area (Å²) in [5, 5.41) is 0.704. The highest BCUT2D eigenvalue weighted by Gasteiger charge is 2.18. The molecule has 1 aromatic heterocycles. The topological polar surface area (TPSA) is 30.2 Å². The smallest absolute Gasteiger partial charge is 0.196 e. The molecule has 0 bridgehead atoms. The van der Waals surface area contributed by atoms with Crippen LogP contribution in [-0.2, 0) is 12.8 Å². The van der Waals surface area contributed by atoms with Crippen LogP contribution >= 0.6 is 0 Å². The van der Waals surface area contributed by atoms with Gasteiger partial charge in [0.15, 0.2) is 5.43 Å². The number of rotatable bonds is 7. The SMILES string of the molecule is C=C(C)CCc1c(-c2ccccc2)oc2cccc(CCC(=C)C)c2c1=O. The maximum Gasteiger partial charge on any atom is 0.196 e. The van der Waals surface area contributed by atoms with Gasteiger partial charge in [0, 0.05) is 11.1 Å². The highest BCUT2D eigenvalue weighted by atomic mass is 16.3. The van der Waals surface area contributed by atoms with Crippen LogP contribution in [-0.4, -0.2) is 0 Å². The molecular weight excluding hydrogens is 332 g/mol. The van der Waals surface area contributed by atoms with Gasteiger partial charge in [-0.05, 0) is 51.2 Å². The van der Waals surface area contributed by atoms with E-state index in [-0.39, 0.29) is 5.43 Å². The van der Waals surface area contributed by atoms with Gasteiger partial charge in [-0.25, -0.2) is 0 Å². The van der Waals surface area contributed by atoms with Crippen molar-refractivity contribution in [3.8, 4) is 11.3 Å². The van der Waals surface area contributed by atoms with E-state index in [0.29, 0.717) is 23.2 Å². The minimum Gasteiger partial charge on any atom is -0.456 e. The molecule has 138 valence electrons. The van der Waals surface area contributed by atoms with Crippen LogP contribution < -0.4 is 5.43 Å². The van der Waals surface area contributed by atoms with Gasteiger partial charge in [-0.1, -0.05) is 53.6 Å². The Kier molecular flexibility index (Phi) is 5.75. The molecule has 27 heavy (non-hydrogen) atoms. The van der Waals surface area contributed by atoms with Crippen LogP contribution in [0.1, 0.15) is 37.8 Å². The Morgan fingerprint density at radius 2 is 1.56 bits per heavy atom. The lowest BCUT2D eigenvalue weighted by molar-refractivity contribution is 0.608. The molecule has 3 rings (SSSR count). The number of allylic oxidation sites excluding steroid dienone is 2. The second-order valence-corrected chi connectivity index (χ2v) is 7.31.